The zero-order valence-electron chi connectivity index (χ0n) is 33.7. The molecule has 12 rings (SSSR count). The fourth-order valence-corrected chi connectivity index (χ4v) is 9.19. The monoisotopic (exact) mass is 790 g/mol. The highest BCUT2D eigenvalue weighted by Gasteiger charge is 2.16. The SMILES string of the molecule is c1ccc(-c2ccc(-c3cccc(-c4cnc(-c5ccc(-n6c7ccccc7c7cc(-c8ccc9c%10ccccc%10n(-c%10ccccc%10)c9c8)ccc76)cc5)nc4)c3)cc2)cc1. The van der Waals surface area contributed by atoms with Crippen LogP contribution >= 0.6 is 0 Å². The van der Waals surface area contributed by atoms with Gasteiger partial charge in [-0.05, 0) is 112 Å². The molecule has 0 aliphatic carbocycles. The third-order valence-electron chi connectivity index (χ3n) is 12.3. The van der Waals surface area contributed by atoms with Gasteiger partial charge in [-0.1, -0.05) is 146 Å². The van der Waals surface area contributed by atoms with Crippen LogP contribution in [0.5, 0.6) is 0 Å². The average Bonchev–Trinajstić information content (AvgIpc) is 3.87. The number of hydrogen-bond acceptors (Lipinski definition) is 2. The van der Waals surface area contributed by atoms with Gasteiger partial charge in [-0.25, -0.2) is 9.97 Å². The van der Waals surface area contributed by atoms with Gasteiger partial charge < -0.3 is 9.13 Å². The van der Waals surface area contributed by atoms with Crippen molar-refractivity contribution in [3.8, 4) is 67.3 Å². The number of rotatable bonds is 7. The van der Waals surface area contributed by atoms with E-state index in [-0.39, 0.29) is 0 Å². The van der Waals surface area contributed by atoms with Gasteiger partial charge in [0.2, 0.25) is 0 Å². The Balaban J connectivity index is 0.847. The van der Waals surface area contributed by atoms with E-state index in [0.29, 0.717) is 5.82 Å². The summed E-state index contributed by atoms with van der Waals surface area (Å²) in [6.45, 7) is 0. The van der Waals surface area contributed by atoms with Crippen LogP contribution in [0, 0.1) is 0 Å². The van der Waals surface area contributed by atoms with Crippen LogP contribution in [-0.2, 0) is 0 Å². The summed E-state index contributed by atoms with van der Waals surface area (Å²) < 4.78 is 4.74. The second-order valence-electron chi connectivity index (χ2n) is 15.9. The molecular formula is C58H38N4. The first kappa shape index (κ1) is 35.6. The van der Waals surface area contributed by atoms with Gasteiger partial charge >= 0.3 is 0 Å². The van der Waals surface area contributed by atoms with E-state index in [0.717, 1.165) is 39.1 Å². The maximum atomic E-state index is 4.84. The molecule has 3 aromatic heterocycles. The van der Waals surface area contributed by atoms with E-state index in [1.165, 1.54) is 65.9 Å². The summed E-state index contributed by atoms with van der Waals surface area (Å²) in [4.78, 5) is 9.68. The summed E-state index contributed by atoms with van der Waals surface area (Å²) in [5.74, 6) is 0.697. The minimum absolute atomic E-state index is 0.697. The molecular weight excluding hydrogens is 753 g/mol. The van der Waals surface area contributed by atoms with Gasteiger partial charge in [0, 0.05) is 56.4 Å². The molecule has 0 radical (unpaired) electrons. The second-order valence-corrected chi connectivity index (χ2v) is 15.9. The lowest BCUT2D eigenvalue weighted by Crippen LogP contribution is -1.95. The van der Waals surface area contributed by atoms with Gasteiger partial charge in [0.15, 0.2) is 5.82 Å². The minimum Gasteiger partial charge on any atom is -0.309 e. The quantitative estimate of drug-likeness (QED) is 0.161. The Morgan fingerprint density at radius 1 is 0.242 bits per heavy atom. The predicted octanol–water partition coefficient (Wildman–Crippen LogP) is 15.0. The molecule has 12 aromatic rings. The molecule has 0 unspecified atom stereocenters. The van der Waals surface area contributed by atoms with Crippen molar-refractivity contribution >= 4 is 43.6 Å². The molecule has 62 heavy (non-hydrogen) atoms. The number of fused-ring (bicyclic) bond motifs is 6. The molecule has 290 valence electrons. The van der Waals surface area contributed by atoms with Crippen molar-refractivity contribution in [1.82, 2.24) is 19.1 Å². The number of aromatic nitrogens is 4. The van der Waals surface area contributed by atoms with Gasteiger partial charge in [0.05, 0.1) is 22.1 Å². The molecule has 3 heterocycles. The van der Waals surface area contributed by atoms with Crippen LogP contribution in [-0.4, -0.2) is 19.1 Å². The van der Waals surface area contributed by atoms with E-state index in [9.17, 15) is 0 Å². The maximum Gasteiger partial charge on any atom is 0.159 e. The van der Waals surface area contributed by atoms with E-state index in [1.807, 2.05) is 18.5 Å². The molecule has 0 spiro atoms. The standard InChI is InChI=1S/C58H38N4/c1-3-12-39(13-4-1)40-22-24-41(25-23-40)43-14-11-15-44(34-43)47-37-59-58(60-38-47)42-26-30-49(31-27-42)61-55-21-10-8-19-51(55)53-35-45(29-33-56(53)61)46-28-32-52-50-18-7-9-20-54(50)62(57(52)36-46)48-16-5-2-6-17-48/h1-38H. The lowest BCUT2D eigenvalue weighted by atomic mass is 9.98. The maximum absolute atomic E-state index is 4.84. The third kappa shape index (κ3) is 6.08. The molecule has 0 amide bonds. The summed E-state index contributed by atoms with van der Waals surface area (Å²) in [5.41, 5.74) is 17.2. The van der Waals surface area contributed by atoms with Crippen molar-refractivity contribution < 1.29 is 0 Å². The van der Waals surface area contributed by atoms with Gasteiger partial charge in [0.1, 0.15) is 0 Å². The van der Waals surface area contributed by atoms with Gasteiger partial charge in [0.25, 0.3) is 0 Å². The Morgan fingerprint density at radius 3 is 1.39 bits per heavy atom. The highest BCUT2D eigenvalue weighted by Crippen LogP contribution is 2.38. The van der Waals surface area contributed by atoms with Crippen molar-refractivity contribution in [1.29, 1.82) is 0 Å². The van der Waals surface area contributed by atoms with Gasteiger partial charge in [-0.2, -0.15) is 0 Å². The average molecular weight is 791 g/mol. The Hall–Kier alpha value is -8.34. The second kappa shape index (κ2) is 14.7. The molecule has 0 atom stereocenters. The van der Waals surface area contributed by atoms with Crippen molar-refractivity contribution in [2.75, 3.05) is 0 Å². The van der Waals surface area contributed by atoms with Crippen LogP contribution in [0.2, 0.25) is 0 Å². The van der Waals surface area contributed by atoms with Crippen LogP contribution in [0.4, 0.5) is 0 Å². The van der Waals surface area contributed by atoms with Crippen molar-refractivity contribution in [2.45, 2.75) is 0 Å². The fourth-order valence-electron chi connectivity index (χ4n) is 9.19. The van der Waals surface area contributed by atoms with E-state index >= 15 is 0 Å². The predicted molar refractivity (Wildman–Crippen MR) is 258 cm³/mol. The van der Waals surface area contributed by atoms with E-state index in [4.69, 9.17) is 9.97 Å². The highest BCUT2D eigenvalue weighted by molar-refractivity contribution is 6.12. The van der Waals surface area contributed by atoms with Crippen LogP contribution in [0.25, 0.3) is 111 Å². The topological polar surface area (TPSA) is 35.6 Å². The van der Waals surface area contributed by atoms with Crippen LogP contribution in [0.15, 0.2) is 231 Å². The summed E-state index contributed by atoms with van der Waals surface area (Å²) in [7, 11) is 0. The Bertz CT molecular complexity index is 3580. The van der Waals surface area contributed by atoms with Crippen molar-refractivity contribution in [2.24, 2.45) is 0 Å². The van der Waals surface area contributed by atoms with Gasteiger partial charge in [-0.15, -0.1) is 0 Å². The van der Waals surface area contributed by atoms with E-state index in [2.05, 4.69) is 221 Å². The molecule has 0 fully saturated rings. The normalized spacial score (nSPS) is 11.5. The van der Waals surface area contributed by atoms with E-state index in [1.54, 1.807) is 0 Å². The summed E-state index contributed by atoms with van der Waals surface area (Å²) in [6, 6.07) is 78.2. The Labute approximate surface area is 359 Å². The Morgan fingerprint density at radius 2 is 0.677 bits per heavy atom. The molecule has 0 N–H and O–H groups in total. The molecule has 4 nitrogen and oxygen atoms in total. The third-order valence-corrected chi connectivity index (χ3v) is 12.3. The first-order valence-electron chi connectivity index (χ1n) is 21.0. The molecule has 0 saturated heterocycles. The molecule has 0 bridgehead atoms. The number of nitrogens with zero attached hydrogens (tertiary/aromatic N) is 4. The molecule has 0 saturated carbocycles. The smallest absolute Gasteiger partial charge is 0.159 e. The first-order valence-corrected chi connectivity index (χ1v) is 21.0. The number of hydrogen-bond donors (Lipinski definition) is 0. The van der Waals surface area contributed by atoms with Crippen LogP contribution in [0.1, 0.15) is 0 Å². The summed E-state index contributed by atoms with van der Waals surface area (Å²) in [6.07, 6.45) is 3.86. The summed E-state index contributed by atoms with van der Waals surface area (Å²) >= 11 is 0. The van der Waals surface area contributed by atoms with Crippen molar-refractivity contribution in [3.63, 3.8) is 0 Å². The minimum atomic E-state index is 0.697. The number of benzene rings is 9. The molecule has 0 aliphatic rings. The fraction of sp³-hybridized carbons (Fsp3) is 0. The zero-order valence-corrected chi connectivity index (χ0v) is 33.7. The Kier molecular flexibility index (Phi) is 8.46. The summed E-state index contributed by atoms with van der Waals surface area (Å²) in [5, 5.41) is 4.95. The van der Waals surface area contributed by atoms with Crippen LogP contribution in [0.3, 0.4) is 0 Å². The van der Waals surface area contributed by atoms with Crippen molar-refractivity contribution in [3.05, 3.63) is 231 Å². The van der Waals surface area contributed by atoms with Gasteiger partial charge in [-0.3, -0.25) is 0 Å². The van der Waals surface area contributed by atoms with Crippen LogP contribution < -0.4 is 0 Å². The highest BCUT2D eigenvalue weighted by atomic mass is 15.0. The molecule has 4 heteroatoms. The lowest BCUT2D eigenvalue weighted by Gasteiger charge is -2.10. The first-order chi connectivity index (χ1) is 30.7. The molecule has 9 aromatic carbocycles. The van der Waals surface area contributed by atoms with E-state index < -0.39 is 0 Å². The zero-order chi connectivity index (χ0) is 41.0. The molecule has 0 aliphatic heterocycles. The largest absolute Gasteiger partial charge is 0.309 e. The lowest BCUT2D eigenvalue weighted by molar-refractivity contribution is 1.16. The number of para-hydroxylation sites is 3.